The van der Waals surface area contributed by atoms with Gasteiger partial charge in [0.25, 0.3) is 0 Å². The lowest BCUT2D eigenvalue weighted by molar-refractivity contribution is 0.0982. The summed E-state index contributed by atoms with van der Waals surface area (Å²) in [6.07, 6.45) is 1.21. The summed E-state index contributed by atoms with van der Waals surface area (Å²) in [5, 5.41) is 21.8. The first-order valence-electron chi connectivity index (χ1n) is 5.13. The molecule has 0 saturated heterocycles. The van der Waals surface area contributed by atoms with Crippen LogP contribution in [0.3, 0.4) is 0 Å². The van der Waals surface area contributed by atoms with Crippen molar-refractivity contribution in [3.63, 3.8) is 0 Å². The molecule has 0 saturated carbocycles. The third-order valence-electron chi connectivity index (χ3n) is 2.37. The van der Waals surface area contributed by atoms with Crippen LogP contribution in [0.5, 0.6) is 5.75 Å². The number of rotatable bonds is 3. The van der Waals surface area contributed by atoms with E-state index in [2.05, 4.69) is 5.32 Å². The molecule has 1 atom stereocenters. The smallest absolute Gasteiger partial charge is 0.178 e. The van der Waals surface area contributed by atoms with Crippen molar-refractivity contribution in [2.45, 2.75) is 30.2 Å². The minimum atomic E-state index is -0.745. The first-order chi connectivity index (χ1) is 7.61. The van der Waals surface area contributed by atoms with Gasteiger partial charge < -0.3 is 15.5 Å². The van der Waals surface area contributed by atoms with Gasteiger partial charge in [-0.15, -0.1) is 0 Å². The molecule has 5 heteroatoms. The molecule has 1 heterocycles. The van der Waals surface area contributed by atoms with Crippen LogP contribution in [0.4, 0.5) is 5.69 Å². The Balaban J connectivity index is 2.42. The van der Waals surface area contributed by atoms with Crippen LogP contribution in [0.1, 0.15) is 30.1 Å². The number of phenolic OH excluding ortho intramolecular Hbond substituents is 1. The number of Topliss-reactive ketones (excluding diaryl/α,β-unsaturated/α-hetero) is 1. The average molecular weight is 239 g/mol. The van der Waals surface area contributed by atoms with E-state index in [1.165, 1.54) is 17.8 Å². The Bertz CT molecular complexity index is 433. The van der Waals surface area contributed by atoms with Gasteiger partial charge in [-0.3, -0.25) is 4.79 Å². The summed E-state index contributed by atoms with van der Waals surface area (Å²) in [6.45, 7) is 1.93. The van der Waals surface area contributed by atoms with Crippen molar-refractivity contribution in [2.24, 2.45) is 0 Å². The molecule has 1 aliphatic heterocycles. The highest BCUT2D eigenvalue weighted by atomic mass is 32.2. The highest BCUT2D eigenvalue weighted by Gasteiger charge is 2.25. The first-order valence-corrected chi connectivity index (χ1v) is 6.01. The number of anilines is 1. The minimum Gasteiger partial charge on any atom is -0.508 e. The fraction of sp³-hybridized carbons (Fsp3) is 0.364. The highest BCUT2D eigenvalue weighted by molar-refractivity contribution is 8.00. The SMILES string of the molecule is CCCC(=O)c1cc(O)cc2c1NC(O)S2. The summed E-state index contributed by atoms with van der Waals surface area (Å²) >= 11 is 1.19. The topological polar surface area (TPSA) is 69.6 Å². The van der Waals surface area contributed by atoms with Crippen molar-refractivity contribution >= 4 is 23.2 Å². The van der Waals surface area contributed by atoms with Crippen molar-refractivity contribution in [1.82, 2.24) is 0 Å². The van der Waals surface area contributed by atoms with Crippen LogP contribution in [0, 0.1) is 0 Å². The molecule has 86 valence electrons. The van der Waals surface area contributed by atoms with Crippen LogP contribution in [-0.2, 0) is 0 Å². The van der Waals surface area contributed by atoms with Crippen LogP contribution >= 0.6 is 11.8 Å². The summed E-state index contributed by atoms with van der Waals surface area (Å²) in [7, 11) is 0. The van der Waals surface area contributed by atoms with E-state index in [0.717, 1.165) is 6.42 Å². The second-order valence-electron chi connectivity index (χ2n) is 3.65. The summed E-state index contributed by atoms with van der Waals surface area (Å²) in [6, 6.07) is 2.99. The zero-order chi connectivity index (χ0) is 11.7. The molecule has 0 aliphatic carbocycles. The van der Waals surface area contributed by atoms with Crippen molar-refractivity contribution in [2.75, 3.05) is 5.32 Å². The van der Waals surface area contributed by atoms with Crippen LogP contribution in [0.2, 0.25) is 0 Å². The molecule has 1 aromatic carbocycles. The maximum atomic E-state index is 11.8. The fourth-order valence-electron chi connectivity index (χ4n) is 1.70. The predicted molar refractivity (Wildman–Crippen MR) is 62.8 cm³/mol. The number of nitrogens with one attached hydrogen (secondary N) is 1. The molecule has 1 aliphatic rings. The van der Waals surface area contributed by atoms with E-state index >= 15 is 0 Å². The van der Waals surface area contributed by atoms with Gasteiger partial charge in [-0.1, -0.05) is 18.7 Å². The third-order valence-corrected chi connectivity index (χ3v) is 3.29. The van der Waals surface area contributed by atoms with Gasteiger partial charge in [0.15, 0.2) is 11.3 Å². The predicted octanol–water partition coefficient (Wildman–Crippen LogP) is 2.17. The second kappa shape index (κ2) is 4.35. The molecule has 0 fully saturated rings. The van der Waals surface area contributed by atoms with E-state index in [1.807, 2.05) is 6.92 Å². The van der Waals surface area contributed by atoms with Gasteiger partial charge >= 0.3 is 0 Å². The molecule has 4 nitrogen and oxygen atoms in total. The Kier molecular flexibility index (Phi) is 3.07. The van der Waals surface area contributed by atoms with Gasteiger partial charge in [0.2, 0.25) is 0 Å². The number of aliphatic hydroxyl groups excluding tert-OH is 1. The summed E-state index contributed by atoms with van der Waals surface area (Å²) < 4.78 is 0. The van der Waals surface area contributed by atoms with Crippen LogP contribution in [0.15, 0.2) is 17.0 Å². The highest BCUT2D eigenvalue weighted by Crippen LogP contribution is 2.42. The van der Waals surface area contributed by atoms with Crippen LogP contribution < -0.4 is 5.32 Å². The Morgan fingerprint density at radius 1 is 1.56 bits per heavy atom. The van der Waals surface area contributed by atoms with Crippen LogP contribution in [0.25, 0.3) is 0 Å². The molecular formula is C11H13NO3S. The quantitative estimate of drug-likeness (QED) is 0.557. The van der Waals surface area contributed by atoms with Gasteiger partial charge in [-0.25, -0.2) is 0 Å². The second-order valence-corrected chi connectivity index (χ2v) is 4.78. The number of phenols is 1. The number of hydrogen-bond acceptors (Lipinski definition) is 5. The van der Waals surface area contributed by atoms with Gasteiger partial charge in [0.05, 0.1) is 5.69 Å². The first kappa shape index (κ1) is 11.3. The monoisotopic (exact) mass is 239 g/mol. The Morgan fingerprint density at radius 2 is 2.31 bits per heavy atom. The van der Waals surface area contributed by atoms with Gasteiger partial charge in [-0.05, 0) is 18.6 Å². The number of aromatic hydroxyl groups is 1. The van der Waals surface area contributed by atoms with Crippen molar-refractivity contribution in [1.29, 1.82) is 0 Å². The van der Waals surface area contributed by atoms with Crippen molar-refractivity contribution < 1.29 is 15.0 Å². The van der Waals surface area contributed by atoms with E-state index in [9.17, 15) is 15.0 Å². The number of carbonyl (C=O) groups excluding carboxylic acids is 1. The number of aliphatic hydroxyl groups is 1. The van der Waals surface area contributed by atoms with Gasteiger partial charge in [0, 0.05) is 16.9 Å². The number of fused-ring (bicyclic) bond motifs is 1. The van der Waals surface area contributed by atoms with E-state index in [0.29, 0.717) is 22.6 Å². The van der Waals surface area contributed by atoms with E-state index in [-0.39, 0.29) is 11.5 Å². The molecule has 0 aromatic heterocycles. The maximum Gasteiger partial charge on any atom is 0.178 e. The molecule has 0 bridgehead atoms. The van der Waals surface area contributed by atoms with Gasteiger partial charge in [0.1, 0.15) is 5.75 Å². The lowest BCUT2D eigenvalue weighted by Gasteiger charge is -2.08. The molecule has 0 radical (unpaired) electrons. The number of hydrogen-bond donors (Lipinski definition) is 3. The zero-order valence-electron chi connectivity index (χ0n) is 8.86. The van der Waals surface area contributed by atoms with Crippen molar-refractivity contribution in [3.8, 4) is 5.75 Å². The molecule has 1 unspecified atom stereocenters. The molecule has 16 heavy (non-hydrogen) atoms. The molecule has 0 spiro atoms. The number of benzene rings is 1. The Labute approximate surface area is 97.7 Å². The lowest BCUT2D eigenvalue weighted by atomic mass is 10.0. The van der Waals surface area contributed by atoms with E-state index in [4.69, 9.17) is 0 Å². The third kappa shape index (κ3) is 2.01. The molecule has 1 aromatic rings. The molecule has 0 amide bonds. The standard InChI is InChI=1S/C11H13NO3S/c1-2-3-8(14)7-4-6(13)5-9-10(7)12-11(15)16-9/h4-5,11-13,15H,2-3H2,1H3. The zero-order valence-corrected chi connectivity index (χ0v) is 9.67. The number of thioether (sulfide) groups is 1. The normalized spacial score (nSPS) is 18.0. The summed E-state index contributed by atoms with van der Waals surface area (Å²) in [5.41, 5.74) is 0.347. The van der Waals surface area contributed by atoms with Gasteiger partial charge in [-0.2, -0.15) is 0 Å². The van der Waals surface area contributed by atoms with Crippen LogP contribution in [-0.4, -0.2) is 21.6 Å². The molecule has 3 N–H and O–H groups in total. The van der Waals surface area contributed by atoms with E-state index in [1.54, 1.807) is 6.07 Å². The minimum absolute atomic E-state index is 0.0168. The van der Waals surface area contributed by atoms with E-state index < -0.39 is 5.56 Å². The number of carbonyl (C=O) groups is 1. The summed E-state index contributed by atoms with van der Waals surface area (Å²) in [5.74, 6) is 0.0402. The number of ketones is 1. The largest absolute Gasteiger partial charge is 0.508 e. The molecular weight excluding hydrogens is 226 g/mol. The summed E-state index contributed by atoms with van der Waals surface area (Å²) in [4.78, 5) is 12.5. The average Bonchev–Trinajstić information content (AvgIpc) is 2.57. The Hall–Kier alpha value is -1.20. The maximum absolute atomic E-state index is 11.8. The molecule has 2 rings (SSSR count). The Morgan fingerprint density at radius 3 is 3.00 bits per heavy atom. The fourth-order valence-corrected chi connectivity index (χ4v) is 2.59. The lowest BCUT2D eigenvalue weighted by Crippen LogP contribution is -2.10. The van der Waals surface area contributed by atoms with Crippen molar-refractivity contribution in [3.05, 3.63) is 17.7 Å².